The SMILES string of the molecule is CCCCNC(=O)c1cccc(NC(=O)COc2ccc(OC)cc2)c1. The average Bonchev–Trinajstić information content (AvgIpc) is 2.67. The van der Waals surface area contributed by atoms with Crippen molar-refractivity contribution in [2.24, 2.45) is 0 Å². The topological polar surface area (TPSA) is 76.7 Å². The molecule has 2 aromatic rings. The number of rotatable bonds is 9. The zero-order valence-corrected chi connectivity index (χ0v) is 15.1. The van der Waals surface area contributed by atoms with E-state index < -0.39 is 0 Å². The van der Waals surface area contributed by atoms with Gasteiger partial charge in [-0.15, -0.1) is 0 Å². The Kier molecular flexibility index (Phi) is 7.49. The highest BCUT2D eigenvalue weighted by Crippen LogP contribution is 2.17. The van der Waals surface area contributed by atoms with Crippen LogP contribution in [0.1, 0.15) is 30.1 Å². The first kappa shape index (κ1) is 19.3. The molecule has 6 nitrogen and oxygen atoms in total. The predicted octanol–water partition coefficient (Wildman–Crippen LogP) is 3.24. The summed E-state index contributed by atoms with van der Waals surface area (Å²) in [5.74, 6) is 0.842. The second-order valence-corrected chi connectivity index (χ2v) is 5.70. The van der Waals surface area contributed by atoms with Crippen LogP contribution in [0.5, 0.6) is 11.5 Å². The van der Waals surface area contributed by atoms with Crippen molar-refractivity contribution in [1.29, 1.82) is 0 Å². The molecule has 0 fully saturated rings. The molecule has 0 heterocycles. The van der Waals surface area contributed by atoms with Gasteiger partial charge in [0, 0.05) is 17.8 Å². The number of methoxy groups -OCH3 is 1. The van der Waals surface area contributed by atoms with Crippen molar-refractivity contribution < 1.29 is 19.1 Å². The quantitative estimate of drug-likeness (QED) is 0.676. The molecule has 0 aromatic heterocycles. The van der Waals surface area contributed by atoms with Crippen LogP contribution in [0.25, 0.3) is 0 Å². The number of anilines is 1. The van der Waals surface area contributed by atoms with Gasteiger partial charge >= 0.3 is 0 Å². The Hall–Kier alpha value is -3.02. The van der Waals surface area contributed by atoms with Crippen molar-refractivity contribution in [3.63, 3.8) is 0 Å². The molecule has 0 aliphatic carbocycles. The molecule has 2 N–H and O–H groups in total. The number of benzene rings is 2. The van der Waals surface area contributed by atoms with Crippen LogP contribution in [0.4, 0.5) is 5.69 Å². The molecule has 0 atom stereocenters. The minimum Gasteiger partial charge on any atom is -0.497 e. The van der Waals surface area contributed by atoms with Gasteiger partial charge in [-0.2, -0.15) is 0 Å². The van der Waals surface area contributed by atoms with Crippen LogP contribution in [0.15, 0.2) is 48.5 Å². The number of hydrogen-bond donors (Lipinski definition) is 2. The summed E-state index contributed by atoms with van der Waals surface area (Å²) in [7, 11) is 1.58. The lowest BCUT2D eigenvalue weighted by atomic mass is 10.2. The van der Waals surface area contributed by atoms with Crippen molar-refractivity contribution in [3.05, 3.63) is 54.1 Å². The highest BCUT2D eigenvalue weighted by Gasteiger charge is 2.08. The van der Waals surface area contributed by atoms with Crippen molar-refractivity contribution in [3.8, 4) is 11.5 Å². The molecule has 0 radical (unpaired) electrons. The Morgan fingerprint density at radius 1 is 1.04 bits per heavy atom. The van der Waals surface area contributed by atoms with E-state index in [4.69, 9.17) is 9.47 Å². The fourth-order valence-corrected chi connectivity index (χ4v) is 2.24. The molecule has 0 spiro atoms. The molecule has 6 heteroatoms. The number of ether oxygens (including phenoxy) is 2. The smallest absolute Gasteiger partial charge is 0.262 e. The molecule has 0 bridgehead atoms. The fourth-order valence-electron chi connectivity index (χ4n) is 2.24. The van der Waals surface area contributed by atoms with Gasteiger partial charge in [0.05, 0.1) is 7.11 Å². The van der Waals surface area contributed by atoms with E-state index in [0.717, 1.165) is 18.6 Å². The van der Waals surface area contributed by atoms with Gasteiger partial charge in [-0.05, 0) is 48.9 Å². The molecule has 0 aliphatic heterocycles. The predicted molar refractivity (Wildman–Crippen MR) is 101 cm³/mol. The Balaban J connectivity index is 1.86. The second kappa shape index (κ2) is 10.1. The largest absolute Gasteiger partial charge is 0.497 e. The number of carbonyl (C=O) groups is 2. The van der Waals surface area contributed by atoms with Crippen LogP contribution < -0.4 is 20.1 Å². The monoisotopic (exact) mass is 356 g/mol. The van der Waals surface area contributed by atoms with Crippen molar-refractivity contribution in [2.75, 3.05) is 25.6 Å². The molecule has 2 aromatic carbocycles. The van der Waals surface area contributed by atoms with Crippen LogP contribution in [0.2, 0.25) is 0 Å². The molecule has 0 saturated heterocycles. The number of carbonyl (C=O) groups excluding carboxylic acids is 2. The van der Waals surface area contributed by atoms with Crippen LogP contribution in [0, 0.1) is 0 Å². The summed E-state index contributed by atoms with van der Waals surface area (Å²) in [6, 6.07) is 13.8. The van der Waals surface area contributed by atoms with Crippen LogP contribution >= 0.6 is 0 Å². The van der Waals surface area contributed by atoms with Gasteiger partial charge in [-0.25, -0.2) is 0 Å². The van der Waals surface area contributed by atoms with E-state index in [-0.39, 0.29) is 18.4 Å². The summed E-state index contributed by atoms with van der Waals surface area (Å²) in [6.45, 7) is 2.58. The summed E-state index contributed by atoms with van der Waals surface area (Å²) in [4.78, 5) is 24.1. The molecule has 0 unspecified atom stereocenters. The summed E-state index contributed by atoms with van der Waals surface area (Å²) >= 11 is 0. The lowest BCUT2D eigenvalue weighted by Gasteiger charge is -2.09. The summed E-state index contributed by atoms with van der Waals surface area (Å²) < 4.78 is 10.5. The Morgan fingerprint density at radius 3 is 2.46 bits per heavy atom. The molecule has 2 rings (SSSR count). The minimum absolute atomic E-state index is 0.126. The fraction of sp³-hybridized carbons (Fsp3) is 0.300. The number of unbranched alkanes of at least 4 members (excludes halogenated alkanes) is 1. The second-order valence-electron chi connectivity index (χ2n) is 5.70. The highest BCUT2D eigenvalue weighted by atomic mass is 16.5. The van der Waals surface area contributed by atoms with Gasteiger partial charge < -0.3 is 20.1 Å². The zero-order valence-electron chi connectivity index (χ0n) is 15.1. The van der Waals surface area contributed by atoms with Gasteiger partial charge in [0.25, 0.3) is 11.8 Å². The highest BCUT2D eigenvalue weighted by molar-refractivity contribution is 5.97. The Morgan fingerprint density at radius 2 is 1.77 bits per heavy atom. The maximum absolute atomic E-state index is 12.1. The third-order valence-electron chi connectivity index (χ3n) is 3.65. The maximum atomic E-state index is 12.1. The van der Waals surface area contributed by atoms with Gasteiger partial charge in [-0.1, -0.05) is 19.4 Å². The first-order valence-corrected chi connectivity index (χ1v) is 8.57. The van der Waals surface area contributed by atoms with E-state index in [1.54, 1.807) is 55.6 Å². The van der Waals surface area contributed by atoms with Crippen molar-refractivity contribution in [1.82, 2.24) is 5.32 Å². The molecule has 2 amide bonds. The lowest BCUT2D eigenvalue weighted by molar-refractivity contribution is -0.118. The zero-order chi connectivity index (χ0) is 18.8. The average molecular weight is 356 g/mol. The molecule has 0 saturated carbocycles. The van der Waals surface area contributed by atoms with Crippen molar-refractivity contribution in [2.45, 2.75) is 19.8 Å². The van der Waals surface area contributed by atoms with Crippen molar-refractivity contribution >= 4 is 17.5 Å². The molecule has 0 aliphatic rings. The van der Waals surface area contributed by atoms with E-state index in [9.17, 15) is 9.59 Å². The van der Waals surface area contributed by atoms with Gasteiger partial charge in [0.2, 0.25) is 0 Å². The molecular formula is C20H24N2O4. The number of nitrogens with one attached hydrogen (secondary N) is 2. The number of amides is 2. The van der Waals surface area contributed by atoms with Crippen LogP contribution in [0.3, 0.4) is 0 Å². The maximum Gasteiger partial charge on any atom is 0.262 e. The molecular weight excluding hydrogens is 332 g/mol. The van der Waals surface area contributed by atoms with Crippen LogP contribution in [-0.2, 0) is 4.79 Å². The summed E-state index contributed by atoms with van der Waals surface area (Å²) in [5.41, 5.74) is 1.06. The Bertz CT molecular complexity index is 729. The third-order valence-corrected chi connectivity index (χ3v) is 3.65. The number of hydrogen-bond acceptors (Lipinski definition) is 4. The van der Waals surface area contributed by atoms with E-state index in [1.165, 1.54) is 0 Å². The lowest BCUT2D eigenvalue weighted by Crippen LogP contribution is -2.25. The van der Waals surface area contributed by atoms with E-state index in [2.05, 4.69) is 17.6 Å². The van der Waals surface area contributed by atoms with E-state index in [1.807, 2.05) is 0 Å². The molecule has 138 valence electrons. The van der Waals surface area contributed by atoms with Gasteiger partial charge in [0.15, 0.2) is 6.61 Å². The minimum atomic E-state index is -0.302. The standard InChI is InChI=1S/C20H24N2O4/c1-3-4-12-21-20(24)15-6-5-7-16(13-15)22-19(23)14-26-18-10-8-17(25-2)9-11-18/h5-11,13H,3-4,12,14H2,1-2H3,(H,21,24)(H,22,23). The van der Waals surface area contributed by atoms with Gasteiger partial charge in [0.1, 0.15) is 11.5 Å². The Labute approximate surface area is 153 Å². The summed E-state index contributed by atoms with van der Waals surface area (Å²) in [5, 5.41) is 5.58. The molecule has 26 heavy (non-hydrogen) atoms. The van der Waals surface area contributed by atoms with Crippen LogP contribution in [-0.4, -0.2) is 32.1 Å². The van der Waals surface area contributed by atoms with E-state index in [0.29, 0.717) is 23.5 Å². The first-order chi connectivity index (χ1) is 12.6. The summed E-state index contributed by atoms with van der Waals surface area (Å²) in [6.07, 6.45) is 1.95. The third kappa shape index (κ3) is 6.12. The van der Waals surface area contributed by atoms with E-state index >= 15 is 0 Å². The normalized spacial score (nSPS) is 10.1. The first-order valence-electron chi connectivity index (χ1n) is 8.57. The van der Waals surface area contributed by atoms with Gasteiger partial charge in [-0.3, -0.25) is 9.59 Å².